The number of carbonyl (C=O) groups is 2. The number of carbonyl (C=O) groups excluding carboxylic acids is 2. The van der Waals surface area contributed by atoms with E-state index in [1.807, 2.05) is 17.0 Å². The number of allylic oxidation sites excluding steroid dienone is 2. The second kappa shape index (κ2) is 12.3. The molecule has 1 N–H and O–H groups in total. The minimum atomic E-state index is -4.58. The molecule has 4 saturated carbocycles. The van der Waals surface area contributed by atoms with Crippen molar-refractivity contribution in [2.75, 3.05) is 13.1 Å². The van der Waals surface area contributed by atoms with Crippen molar-refractivity contribution in [2.24, 2.45) is 28.6 Å². The van der Waals surface area contributed by atoms with Crippen molar-refractivity contribution in [2.45, 2.75) is 116 Å². The molecular weight excluding hydrogens is 627 g/mol. The lowest BCUT2D eigenvalue weighted by atomic mass is 9.45. The molecule has 264 valence electrons. The Kier molecular flexibility index (Phi) is 8.60. The Morgan fingerprint density at radius 3 is 2.57 bits per heavy atom. The summed E-state index contributed by atoms with van der Waals surface area (Å²) in [6.45, 7) is 10.3. The van der Waals surface area contributed by atoms with E-state index in [2.05, 4.69) is 33.8 Å². The number of fused-ring (bicyclic) bond motifs is 10. The second-order valence-corrected chi connectivity index (χ2v) is 16.8. The molecule has 49 heavy (non-hydrogen) atoms. The van der Waals surface area contributed by atoms with E-state index < -0.39 is 34.6 Å². The lowest BCUT2D eigenvalue weighted by molar-refractivity contribution is -0.137. The van der Waals surface area contributed by atoms with Crippen LogP contribution in [0.1, 0.15) is 124 Å². The number of halogens is 3. The third-order valence-electron chi connectivity index (χ3n) is 13.8. The molecular formula is C41H50F3NO4. The predicted molar refractivity (Wildman–Crippen MR) is 182 cm³/mol. The molecule has 1 heterocycles. The first-order valence-corrected chi connectivity index (χ1v) is 18.3. The Morgan fingerprint density at radius 2 is 1.84 bits per heavy atom. The maximum atomic E-state index is 14.3. The van der Waals surface area contributed by atoms with E-state index >= 15 is 0 Å². The molecule has 5 nitrogen and oxygen atoms in total. The van der Waals surface area contributed by atoms with Crippen LogP contribution in [0.4, 0.5) is 18.0 Å². The van der Waals surface area contributed by atoms with Crippen molar-refractivity contribution in [3.05, 3.63) is 81.9 Å². The molecule has 9 rings (SSSR count). The number of ketones is 1. The molecule has 7 aliphatic rings. The van der Waals surface area contributed by atoms with E-state index in [0.717, 1.165) is 54.9 Å². The number of aliphatic hydroxyl groups is 1. The Balaban J connectivity index is 1.27. The van der Waals surface area contributed by atoms with E-state index in [0.29, 0.717) is 61.6 Å². The summed E-state index contributed by atoms with van der Waals surface area (Å²) < 4.78 is 47.7. The van der Waals surface area contributed by atoms with Crippen molar-refractivity contribution in [1.82, 2.24) is 4.90 Å². The molecule has 0 aromatic heterocycles. The first-order valence-electron chi connectivity index (χ1n) is 18.3. The molecule has 1 spiro atoms. The van der Waals surface area contributed by atoms with Gasteiger partial charge in [0.1, 0.15) is 5.60 Å². The van der Waals surface area contributed by atoms with Crippen LogP contribution in [-0.2, 0) is 17.3 Å². The van der Waals surface area contributed by atoms with Crippen LogP contribution in [0.25, 0.3) is 0 Å². The first kappa shape index (κ1) is 34.3. The molecule has 7 unspecified atom stereocenters. The van der Waals surface area contributed by atoms with Gasteiger partial charge in [-0.3, -0.25) is 4.79 Å². The Bertz CT molecular complexity index is 1660. The monoisotopic (exact) mass is 677 g/mol. The molecule has 1 saturated heterocycles. The summed E-state index contributed by atoms with van der Waals surface area (Å²) in [6.07, 6.45) is 4.84. The molecule has 8 heteroatoms. The molecule has 5 fully saturated rings. The van der Waals surface area contributed by atoms with Crippen molar-refractivity contribution >= 4 is 11.9 Å². The first-order chi connectivity index (χ1) is 23.1. The SMILES string of the molecule is CC1=CCCC2(C)C(CCC23CN(CC2CCC4CC2C4(C)C)C(=O)O3)c2ccc(cc2C(=O)c2cccc(C(F)(F)F)c2)CC(O)CC1. The topological polar surface area (TPSA) is 66.8 Å². The predicted octanol–water partition coefficient (Wildman–Crippen LogP) is 9.51. The summed E-state index contributed by atoms with van der Waals surface area (Å²) in [4.78, 5) is 30.0. The molecule has 7 atom stereocenters. The van der Waals surface area contributed by atoms with Crippen molar-refractivity contribution in [3.63, 3.8) is 0 Å². The lowest BCUT2D eigenvalue weighted by Crippen LogP contribution is -2.55. The summed E-state index contributed by atoms with van der Waals surface area (Å²) in [5.41, 5.74) is 1.28. The molecule has 6 aliphatic carbocycles. The standard InChI is InChI=1S/C41H50F3NO4/c1-25-7-6-17-39(4)34(16-18-40(39)24-45(37(48)49-40)23-28-12-13-29-22-35(28)38(29,2)3)32-15-11-26(19-31(46)14-10-25)20-33(32)36(47)27-8-5-9-30(21-27)41(42,43)44/h5,7-9,11,15,20-21,28-29,31,34-35,46H,6,10,12-14,16-19,22-24H2,1-4H3. The van der Waals surface area contributed by atoms with Gasteiger partial charge in [0.2, 0.25) is 0 Å². The third-order valence-corrected chi connectivity index (χ3v) is 13.8. The molecule has 0 radical (unpaired) electrons. The fourth-order valence-electron chi connectivity index (χ4n) is 10.6. The summed E-state index contributed by atoms with van der Waals surface area (Å²) in [6, 6.07) is 10.3. The van der Waals surface area contributed by atoms with Crippen LogP contribution in [0.5, 0.6) is 0 Å². The molecule has 1 amide bonds. The lowest BCUT2D eigenvalue weighted by Gasteiger charge is -2.60. The van der Waals surface area contributed by atoms with Gasteiger partial charge in [0.15, 0.2) is 5.78 Å². The van der Waals surface area contributed by atoms with E-state index in [4.69, 9.17) is 4.74 Å². The summed E-state index contributed by atoms with van der Waals surface area (Å²) >= 11 is 0. The highest BCUT2D eigenvalue weighted by molar-refractivity contribution is 6.10. The van der Waals surface area contributed by atoms with Gasteiger partial charge in [0, 0.05) is 23.1 Å². The number of ether oxygens (including phenoxy) is 1. The Hall–Kier alpha value is -3.13. The minimum absolute atomic E-state index is 0.0185. The van der Waals surface area contributed by atoms with Gasteiger partial charge in [-0.25, -0.2) is 4.79 Å². The highest BCUT2D eigenvalue weighted by Gasteiger charge is 2.64. The van der Waals surface area contributed by atoms with Crippen molar-refractivity contribution < 1.29 is 32.6 Å². The number of nitrogens with zero attached hydrogens (tertiary/aromatic N) is 1. The average molecular weight is 678 g/mol. The zero-order valence-corrected chi connectivity index (χ0v) is 29.2. The molecule has 4 bridgehead atoms. The average Bonchev–Trinajstić information content (AvgIpc) is 3.52. The zero-order chi connectivity index (χ0) is 34.9. The van der Waals surface area contributed by atoms with Gasteiger partial charge < -0.3 is 14.7 Å². The van der Waals surface area contributed by atoms with Crippen LogP contribution < -0.4 is 0 Å². The van der Waals surface area contributed by atoms with Crippen LogP contribution in [0, 0.1) is 28.6 Å². The quantitative estimate of drug-likeness (QED) is 0.259. The van der Waals surface area contributed by atoms with Crippen LogP contribution in [0.2, 0.25) is 0 Å². The van der Waals surface area contributed by atoms with Gasteiger partial charge in [0.25, 0.3) is 0 Å². The zero-order valence-electron chi connectivity index (χ0n) is 29.2. The van der Waals surface area contributed by atoms with Gasteiger partial charge in [-0.1, -0.05) is 56.7 Å². The smallest absolute Gasteiger partial charge is 0.416 e. The fraction of sp³-hybridized carbons (Fsp3) is 0.610. The maximum Gasteiger partial charge on any atom is 0.416 e. The van der Waals surface area contributed by atoms with Crippen molar-refractivity contribution in [3.8, 4) is 0 Å². The highest BCUT2D eigenvalue weighted by atomic mass is 19.4. The summed E-state index contributed by atoms with van der Waals surface area (Å²) in [5.74, 6) is 1.23. The Labute approximate surface area is 288 Å². The van der Waals surface area contributed by atoms with Gasteiger partial charge in [0.05, 0.1) is 18.2 Å². The van der Waals surface area contributed by atoms with Gasteiger partial charge in [-0.15, -0.1) is 0 Å². The number of rotatable bonds is 4. The van der Waals surface area contributed by atoms with Crippen molar-refractivity contribution in [1.29, 1.82) is 0 Å². The minimum Gasteiger partial charge on any atom is -0.440 e. The van der Waals surface area contributed by atoms with Crippen LogP contribution in [-0.4, -0.2) is 46.7 Å². The largest absolute Gasteiger partial charge is 0.440 e. The molecule has 2 aromatic rings. The van der Waals surface area contributed by atoms with E-state index in [1.54, 1.807) is 6.07 Å². The second-order valence-electron chi connectivity index (χ2n) is 16.8. The fourth-order valence-corrected chi connectivity index (χ4v) is 10.6. The number of alkyl halides is 3. The molecule has 1 aliphatic heterocycles. The molecule has 2 aromatic carbocycles. The van der Waals surface area contributed by atoms with E-state index in [-0.39, 0.29) is 17.6 Å². The normalized spacial score (nSPS) is 34.2. The summed E-state index contributed by atoms with van der Waals surface area (Å²) in [7, 11) is 0. The number of benzene rings is 2. The van der Waals surface area contributed by atoms with Crippen LogP contribution in [0.3, 0.4) is 0 Å². The summed E-state index contributed by atoms with van der Waals surface area (Å²) in [5, 5.41) is 10.9. The van der Waals surface area contributed by atoms with Crippen LogP contribution in [0.15, 0.2) is 54.1 Å². The van der Waals surface area contributed by atoms with E-state index in [9.17, 15) is 27.9 Å². The van der Waals surface area contributed by atoms with Crippen LogP contribution >= 0.6 is 0 Å². The maximum absolute atomic E-state index is 14.3. The number of aliphatic hydroxyl groups excluding tert-OH is 1. The van der Waals surface area contributed by atoms with Gasteiger partial charge in [-0.2, -0.15) is 13.2 Å². The van der Waals surface area contributed by atoms with Gasteiger partial charge in [-0.05, 0) is 130 Å². The highest BCUT2D eigenvalue weighted by Crippen LogP contribution is 2.64. The number of hydrogen-bond donors (Lipinski definition) is 1. The third kappa shape index (κ3) is 5.94. The number of amides is 1. The number of hydrogen-bond acceptors (Lipinski definition) is 4. The Morgan fingerprint density at radius 1 is 1.04 bits per heavy atom. The van der Waals surface area contributed by atoms with E-state index in [1.165, 1.54) is 30.5 Å². The van der Waals surface area contributed by atoms with Gasteiger partial charge >= 0.3 is 12.3 Å².